The molecule has 2 aromatic rings. The first kappa shape index (κ1) is 18.6. The van der Waals surface area contributed by atoms with Gasteiger partial charge in [-0.1, -0.05) is 23.2 Å². The van der Waals surface area contributed by atoms with Crippen molar-refractivity contribution in [3.8, 4) is 6.07 Å². The van der Waals surface area contributed by atoms with Crippen LogP contribution in [0.25, 0.3) is 0 Å². The Labute approximate surface area is 162 Å². The summed E-state index contributed by atoms with van der Waals surface area (Å²) >= 11 is 13.8. The van der Waals surface area contributed by atoms with Crippen molar-refractivity contribution in [1.82, 2.24) is 9.62 Å². The van der Waals surface area contributed by atoms with Gasteiger partial charge in [0.05, 0.1) is 5.02 Å². The molecule has 0 aromatic carbocycles. The second-order valence-electron chi connectivity index (χ2n) is 5.34. The number of nitriles is 1. The number of hydrogen-bond donors (Lipinski definition) is 1. The van der Waals surface area contributed by atoms with Crippen LogP contribution in [0.4, 0.5) is 0 Å². The first-order valence-electron chi connectivity index (χ1n) is 7.03. The number of hydrogen-bond acceptors (Lipinski definition) is 6. The molecule has 11 heteroatoms. The lowest BCUT2D eigenvalue weighted by Gasteiger charge is -2.16. The third-order valence-corrected chi connectivity index (χ3v) is 8.31. The van der Waals surface area contributed by atoms with Gasteiger partial charge in [-0.15, -0.1) is 22.7 Å². The minimum atomic E-state index is -3.86. The topological polar surface area (TPSA) is 90.3 Å². The van der Waals surface area contributed by atoms with E-state index in [0.717, 1.165) is 16.9 Å². The summed E-state index contributed by atoms with van der Waals surface area (Å²) in [4.78, 5) is 14.6. The quantitative estimate of drug-likeness (QED) is 0.780. The highest BCUT2D eigenvalue weighted by Gasteiger charge is 2.35. The minimum absolute atomic E-state index is 0.0229. The van der Waals surface area contributed by atoms with E-state index < -0.39 is 16.1 Å². The summed E-state index contributed by atoms with van der Waals surface area (Å²) in [5.41, 5.74) is 0.857. The first-order valence-corrected chi connectivity index (χ1v) is 11.0. The van der Waals surface area contributed by atoms with Crippen molar-refractivity contribution >= 4 is 61.8 Å². The van der Waals surface area contributed by atoms with E-state index in [1.165, 1.54) is 17.4 Å². The number of carbonyl (C=O) groups is 1. The molecular weight excluding hydrogens is 425 g/mol. The molecule has 0 spiro atoms. The average molecular weight is 436 g/mol. The molecule has 1 amide bonds. The zero-order valence-electron chi connectivity index (χ0n) is 12.5. The maximum Gasteiger partial charge on any atom is 0.250 e. The smallest absolute Gasteiger partial charge is 0.250 e. The normalized spacial score (nSPS) is 17.9. The van der Waals surface area contributed by atoms with Gasteiger partial charge in [-0.2, -0.15) is 9.98 Å². The molecule has 2 aromatic heterocycles. The molecule has 25 heavy (non-hydrogen) atoms. The fourth-order valence-electron chi connectivity index (χ4n) is 2.45. The van der Waals surface area contributed by atoms with E-state index in [1.807, 2.05) is 5.38 Å². The number of sulfonamides is 1. The molecule has 0 bridgehead atoms. The summed E-state index contributed by atoms with van der Waals surface area (Å²) in [5.74, 6) is -0.290. The van der Waals surface area contributed by atoms with Crippen molar-refractivity contribution in [2.24, 2.45) is 0 Å². The second kappa shape index (κ2) is 7.23. The zero-order valence-corrected chi connectivity index (χ0v) is 16.5. The van der Waals surface area contributed by atoms with Crippen LogP contribution >= 0.6 is 45.9 Å². The third kappa shape index (κ3) is 4.00. The largest absolute Gasteiger partial charge is 0.337 e. The lowest BCUT2D eigenvalue weighted by molar-refractivity contribution is -0.129. The summed E-state index contributed by atoms with van der Waals surface area (Å²) < 4.78 is 27.3. The highest BCUT2D eigenvalue weighted by molar-refractivity contribution is 7.91. The summed E-state index contributed by atoms with van der Waals surface area (Å²) in [6.45, 7) is 0.793. The van der Waals surface area contributed by atoms with Crippen LogP contribution in [0.15, 0.2) is 21.7 Å². The molecule has 132 valence electrons. The van der Waals surface area contributed by atoms with Gasteiger partial charge in [0.25, 0.3) is 10.0 Å². The Hall–Kier alpha value is -1.15. The summed E-state index contributed by atoms with van der Waals surface area (Å²) in [7, 11) is -3.86. The van der Waals surface area contributed by atoms with Crippen molar-refractivity contribution in [1.29, 1.82) is 5.26 Å². The van der Waals surface area contributed by atoms with Gasteiger partial charge >= 0.3 is 0 Å². The number of nitrogens with zero attached hydrogens (tertiary/aromatic N) is 2. The van der Waals surface area contributed by atoms with Crippen molar-refractivity contribution in [3.63, 3.8) is 0 Å². The summed E-state index contributed by atoms with van der Waals surface area (Å²) in [6.07, 6.45) is 0.375. The van der Waals surface area contributed by atoms with Gasteiger partial charge in [0.1, 0.15) is 25.5 Å². The van der Waals surface area contributed by atoms with Crippen LogP contribution in [0.3, 0.4) is 0 Å². The van der Waals surface area contributed by atoms with E-state index in [1.54, 1.807) is 11.0 Å². The summed E-state index contributed by atoms with van der Waals surface area (Å²) in [6, 6.07) is 4.22. The van der Waals surface area contributed by atoms with E-state index in [0.29, 0.717) is 24.4 Å². The molecule has 0 unspecified atom stereocenters. The van der Waals surface area contributed by atoms with Crippen molar-refractivity contribution < 1.29 is 13.2 Å². The monoisotopic (exact) mass is 435 g/mol. The molecule has 1 N–H and O–H groups in total. The van der Waals surface area contributed by atoms with Crippen LogP contribution in [0.2, 0.25) is 9.36 Å². The third-order valence-electron chi connectivity index (χ3n) is 3.62. The van der Waals surface area contributed by atoms with Gasteiger partial charge in [-0.3, -0.25) is 4.79 Å². The molecule has 3 rings (SSSR count). The maximum absolute atomic E-state index is 12.5. The number of amides is 1. The number of thiophene rings is 2. The maximum atomic E-state index is 12.5. The molecule has 1 atom stereocenters. The Morgan fingerprint density at radius 3 is 2.76 bits per heavy atom. The Balaban J connectivity index is 1.68. The zero-order chi connectivity index (χ0) is 18.2. The highest BCUT2D eigenvalue weighted by Crippen LogP contribution is 2.34. The van der Waals surface area contributed by atoms with E-state index in [9.17, 15) is 13.2 Å². The molecule has 1 saturated heterocycles. The first-order chi connectivity index (χ1) is 11.8. The van der Waals surface area contributed by atoms with E-state index in [2.05, 4.69) is 10.8 Å². The van der Waals surface area contributed by atoms with Gasteiger partial charge in [0.15, 0.2) is 0 Å². The fraction of sp³-hybridized carbons (Fsp3) is 0.286. The van der Waals surface area contributed by atoms with Crippen molar-refractivity contribution in [3.05, 3.63) is 37.3 Å². The van der Waals surface area contributed by atoms with Crippen molar-refractivity contribution in [2.75, 3.05) is 6.54 Å². The molecule has 6 nitrogen and oxygen atoms in total. The minimum Gasteiger partial charge on any atom is -0.337 e. The van der Waals surface area contributed by atoms with E-state index in [4.69, 9.17) is 28.5 Å². The van der Waals surface area contributed by atoms with Crippen LogP contribution in [0.5, 0.6) is 0 Å². The highest BCUT2D eigenvalue weighted by atomic mass is 35.5. The van der Waals surface area contributed by atoms with Crippen LogP contribution in [0.1, 0.15) is 16.9 Å². The Morgan fingerprint density at radius 2 is 2.16 bits per heavy atom. The number of carbonyl (C=O) groups excluding carboxylic acids is 1. The predicted octanol–water partition coefficient (Wildman–Crippen LogP) is 3.07. The van der Waals surface area contributed by atoms with Gasteiger partial charge < -0.3 is 4.90 Å². The average Bonchev–Trinajstić information content (AvgIpc) is 3.24. The van der Waals surface area contributed by atoms with Crippen LogP contribution < -0.4 is 4.72 Å². The van der Waals surface area contributed by atoms with E-state index >= 15 is 0 Å². The lowest BCUT2D eigenvalue weighted by Crippen LogP contribution is -2.41. The Morgan fingerprint density at radius 1 is 1.40 bits per heavy atom. The fourth-order valence-corrected chi connectivity index (χ4v) is 6.26. The molecule has 1 aliphatic rings. The number of halogens is 2. The van der Waals surface area contributed by atoms with Crippen LogP contribution in [0, 0.1) is 11.3 Å². The van der Waals surface area contributed by atoms with Crippen LogP contribution in [-0.4, -0.2) is 31.8 Å². The SMILES string of the molecule is N#Cc1cc(CN2CC[C@H](NS(=O)(=O)c3cc(Cl)c(Cl)s3)C2=O)cs1. The molecule has 0 aliphatic carbocycles. The number of likely N-dealkylation sites (tertiary alicyclic amines) is 1. The Kier molecular flexibility index (Phi) is 5.39. The predicted molar refractivity (Wildman–Crippen MR) is 97.5 cm³/mol. The van der Waals surface area contributed by atoms with Crippen LogP contribution in [-0.2, 0) is 21.4 Å². The molecular formula is C14H11Cl2N3O3S3. The molecule has 0 radical (unpaired) electrons. The molecule has 1 aliphatic heterocycles. The lowest BCUT2D eigenvalue weighted by atomic mass is 10.3. The molecule has 1 fully saturated rings. The van der Waals surface area contributed by atoms with Gasteiger partial charge in [0.2, 0.25) is 5.91 Å². The standard InChI is InChI=1S/C14H11Cl2N3O3S3/c15-10-4-12(24-13(10)16)25(21,22)18-11-1-2-19(14(11)20)6-8-3-9(5-17)23-7-8/h3-4,7,11,18H,1-2,6H2/t11-/m0/s1. The second-order valence-corrected chi connectivity index (χ2v) is 10.3. The Bertz CT molecular complexity index is 942. The van der Waals surface area contributed by atoms with Gasteiger partial charge in [-0.05, 0) is 29.5 Å². The van der Waals surface area contributed by atoms with E-state index in [-0.39, 0.29) is 19.5 Å². The van der Waals surface area contributed by atoms with Crippen molar-refractivity contribution in [2.45, 2.75) is 23.2 Å². The van der Waals surface area contributed by atoms with Gasteiger partial charge in [0, 0.05) is 13.1 Å². The molecule has 3 heterocycles. The number of nitrogens with one attached hydrogen (secondary N) is 1. The molecule has 0 saturated carbocycles. The summed E-state index contributed by atoms with van der Waals surface area (Å²) in [5, 5.41) is 10.8. The van der Waals surface area contributed by atoms with Gasteiger partial charge in [-0.25, -0.2) is 8.42 Å². The number of rotatable bonds is 5.